The van der Waals surface area contributed by atoms with Gasteiger partial charge in [0.15, 0.2) is 0 Å². The molecule has 5 aromatic rings. The first-order valence-corrected chi connectivity index (χ1v) is 10.0. The van der Waals surface area contributed by atoms with Gasteiger partial charge in [-0.25, -0.2) is 4.79 Å². The number of hydrogen-bond acceptors (Lipinski definition) is 5. The van der Waals surface area contributed by atoms with Gasteiger partial charge in [0.2, 0.25) is 0 Å². The van der Waals surface area contributed by atoms with E-state index in [1.54, 1.807) is 6.07 Å². The number of pyridine rings is 1. The summed E-state index contributed by atoms with van der Waals surface area (Å²) in [6, 6.07) is 17.9. The molecule has 31 heavy (non-hydrogen) atoms. The van der Waals surface area contributed by atoms with Crippen molar-refractivity contribution in [1.82, 2.24) is 14.7 Å². The zero-order valence-corrected chi connectivity index (χ0v) is 17.5. The number of hydrogen-bond donors (Lipinski definition) is 0. The number of aryl methyl sites for hydroxylation is 2. The van der Waals surface area contributed by atoms with Crippen molar-refractivity contribution >= 4 is 27.9 Å². The van der Waals surface area contributed by atoms with Gasteiger partial charge in [-0.05, 0) is 43.7 Å². The lowest BCUT2D eigenvalue weighted by Gasteiger charge is -2.09. The molecule has 0 aliphatic rings. The largest absolute Gasteiger partial charge is 0.465 e. The summed E-state index contributed by atoms with van der Waals surface area (Å²) in [6.45, 7) is 4.48. The van der Waals surface area contributed by atoms with E-state index in [0.29, 0.717) is 12.1 Å². The summed E-state index contributed by atoms with van der Waals surface area (Å²) in [5.74, 6) is 0.403. The third-order valence-electron chi connectivity index (χ3n) is 5.63. The predicted molar refractivity (Wildman–Crippen MR) is 119 cm³/mol. The maximum absolute atomic E-state index is 12.2. The predicted octanol–water partition coefficient (Wildman–Crippen LogP) is 5.30. The molecule has 0 fully saturated rings. The number of nitrogens with zero attached hydrogens (tertiary/aromatic N) is 3. The van der Waals surface area contributed by atoms with E-state index in [4.69, 9.17) is 14.2 Å². The highest BCUT2D eigenvalue weighted by Crippen LogP contribution is 2.34. The zero-order valence-electron chi connectivity index (χ0n) is 17.5. The highest BCUT2D eigenvalue weighted by Gasteiger charge is 2.18. The van der Waals surface area contributed by atoms with E-state index in [1.165, 1.54) is 7.11 Å². The molecule has 3 heterocycles. The Morgan fingerprint density at radius 2 is 1.87 bits per heavy atom. The molecule has 6 heteroatoms. The molecule has 0 atom stereocenters. The molecule has 0 saturated carbocycles. The number of carbonyl (C=O) groups is 1. The summed E-state index contributed by atoms with van der Waals surface area (Å²) >= 11 is 0. The molecule has 0 aliphatic heterocycles. The van der Waals surface area contributed by atoms with Crippen LogP contribution in [0.25, 0.3) is 33.1 Å². The van der Waals surface area contributed by atoms with Gasteiger partial charge in [0, 0.05) is 29.3 Å². The van der Waals surface area contributed by atoms with Crippen LogP contribution >= 0.6 is 0 Å². The van der Waals surface area contributed by atoms with Gasteiger partial charge in [0.1, 0.15) is 5.76 Å². The molecule has 0 radical (unpaired) electrons. The van der Waals surface area contributed by atoms with Crippen molar-refractivity contribution in [2.45, 2.75) is 20.4 Å². The fraction of sp³-hybridized carbons (Fsp3) is 0.160. The van der Waals surface area contributed by atoms with Crippen LogP contribution in [0.2, 0.25) is 0 Å². The number of aromatic nitrogens is 3. The first-order valence-electron chi connectivity index (χ1n) is 10.0. The lowest BCUT2D eigenvalue weighted by molar-refractivity contribution is 0.0601. The Bertz CT molecular complexity index is 1410. The van der Waals surface area contributed by atoms with Crippen LogP contribution in [0.3, 0.4) is 0 Å². The monoisotopic (exact) mass is 411 g/mol. The number of carbonyl (C=O) groups excluding carboxylic acids is 1. The van der Waals surface area contributed by atoms with E-state index in [2.05, 4.69) is 27.9 Å². The lowest BCUT2D eigenvalue weighted by atomic mass is 10.1. The second kappa shape index (κ2) is 7.40. The SMILES string of the molecule is COC(=O)c1ccc2c3ncc(-c4c(C)noc4C)cc3n(Cc3ccccc3)c2c1. The van der Waals surface area contributed by atoms with Gasteiger partial charge in [0.05, 0.1) is 34.9 Å². The smallest absolute Gasteiger partial charge is 0.337 e. The molecule has 0 amide bonds. The molecule has 0 aliphatic carbocycles. The topological polar surface area (TPSA) is 70.2 Å². The first-order chi connectivity index (χ1) is 15.1. The Morgan fingerprint density at radius 1 is 1.06 bits per heavy atom. The van der Waals surface area contributed by atoms with Crippen LogP contribution in [-0.2, 0) is 11.3 Å². The molecule has 0 bridgehead atoms. The fourth-order valence-corrected chi connectivity index (χ4v) is 4.16. The van der Waals surface area contributed by atoms with E-state index in [1.807, 2.05) is 50.4 Å². The van der Waals surface area contributed by atoms with E-state index >= 15 is 0 Å². The molecular formula is C25H21N3O3. The number of fused-ring (bicyclic) bond motifs is 3. The Hall–Kier alpha value is -3.93. The van der Waals surface area contributed by atoms with Crippen molar-refractivity contribution in [3.05, 3.63) is 83.4 Å². The summed E-state index contributed by atoms with van der Waals surface area (Å²) in [7, 11) is 1.39. The Labute approximate surface area is 179 Å². The maximum Gasteiger partial charge on any atom is 0.337 e. The minimum absolute atomic E-state index is 0.359. The van der Waals surface area contributed by atoms with Crippen LogP contribution in [0.4, 0.5) is 0 Å². The minimum Gasteiger partial charge on any atom is -0.465 e. The summed E-state index contributed by atoms with van der Waals surface area (Å²) in [5.41, 5.74) is 7.22. The number of rotatable bonds is 4. The van der Waals surface area contributed by atoms with Crippen molar-refractivity contribution in [3.8, 4) is 11.1 Å². The number of ether oxygens (including phenoxy) is 1. The molecule has 154 valence electrons. The van der Waals surface area contributed by atoms with Crippen LogP contribution < -0.4 is 0 Å². The van der Waals surface area contributed by atoms with E-state index in [-0.39, 0.29) is 5.97 Å². The average Bonchev–Trinajstić information content (AvgIpc) is 3.29. The Balaban J connectivity index is 1.79. The van der Waals surface area contributed by atoms with Gasteiger partial charge in [-0.1, -0.05) is 35.5 Å². The highest BCUT2D eigenvalue weighted by atomic mass is 16.5. The van der Waals surface area contributed by atoms with Crippen molar-refractivity contribution in [1.29, 1.82) is 0 Å². The second-order valence-corrected chi connectivity index (χ2v) is 7.59. The van der Waals surface area contributed by atoms with Gasteiger partial charge in [-0.3, -0.25) is 4.98 Å². The van der Waals surface area contributed by atoms with Crippen LogP contribution in [0.15, 0.2) is 65.3 Å². The lowest BCUT2D eigenvalue weighted by Crippen LogP contribution is -2.03. The van der Waals surface area contributed by atoms with Crippen LogP contribution in [0, 0.1) is 13.8 Å². The highest BCUT2D eigenvalue weighted by molar-refractivity contribution is 6.08. The summed E-state index contributed by atoms with van der Waals surface area (Å²) in [6.07, 6.45) is 1.86. The van der Waals surface area contributed by atoms with Crippen molar-refractivity contribution in [2.24, 2.45) is 0 Å². The van der Waals surface area contributed by atoms with Crippen molar-refractivity contribution in [2.75, 3.05) is 7.11 Å². The van der Waals surface area contributed by atoms with E-state index in [0.717, 1.165) is 50.1 Å². The molecule has 5 rings (SSSR count). The molecule has 0 saturated heterocycles. The standard InChI is InChI=1S/C25H21N3O3/c1-15-23(16(2)31-27-15)19-12-22-24(26-13-19)20-10-9-18(25(29)30-3)11-21(20)28(22)14-17-7-5-4-6-8-17/h4-13H,14H2,1-3H3. The molecule has 6 nitrogen and oxygen atoms in total. The summed E-state index contributed by atoms with van der Waals surface area (Å²) < 4.78 is 12.5. The normalized spacial score (nSPS) is 11.3. The molecule has 0 N–H and O–H groups in total. The third-order valence-corrected chi connectivity index (χ3v) is 5.63. The fourth-order valence-electron chi connectivity index (χ4n) is 4.16. The van der Waals surface area contributed by atoms with Crippen molar-refractivity contribution < 1.29 is 14.1 Å². The Kier molecular flexibility index (Phi) is 4.55. The Morgan fingerprint density at radius 3 is 2.58 bits per heavy atom. The molecule has 2 aromatic carbocycles. The molecular weight excluding hydrogens is 390 g/mol. The number of methoxy groups -OCH3 is 1. The second-order valence-electron chi connectivity index (χ2n) is 7.59. The summed E-state index contributed by atoms with van der Waals surface area (Å²) in [4.78, 5) is 17.0. The van der Waals surface area contributed by atoms with Gasteiger partial charge in [0.25, 0.3) is 0 Å². The van der Waals surface area contributed by atoms with Gasteiger partial charge < -0.3 is 13.8 Å². The molecule has 0 unspecified atom stereocenters. The maximum atomic E-state index is 12.2. The number of benzene rings is 2. The third kappa shape index (κ3) is 3.17. The first kappa shape index (κ1) is 19.1. The molecule has 3 aromatic heterocycles. The van der Waals surface area contributed by atoms with Gasteiger partial charge >= 0.3 is 5.97 Å². The minimum atomic E-state index is -0.359. The molecule has 0 spiro atoms. The van der Waals surface area contributed by atoms with Crippen LogP contribution in [0.5, 0.6) is 0 Å². The van der Waals surface area contributed by atoms with Crippen LogP contribution in [0.1, 0.15) is 27.4 Å². The quantitative estimate of drug-likeness (QED) is 0.376. The van der Waals surface area contributed by atoms with Crippen molar-refractivity contribution in [3.63, 3.8) is 0 Å². The number of esters is 1. The van der Waals surface area contributed by atoms with Gasteiger partial charge in [-0.2, -0.15) is 0 Å². The van der Waals surface area contributed by atoms with E-state index in [9.17, 15) is 4.79 Å². The zero-order chi connectivity index (χ0) is 21.5. The average molecular weight is 411 g/mol. The van der Waals surface area contributed by atoms with E-state index < -0.39 is 0 Å². The van der Waals surface area contributed by atoms with Gasteiger partial charge in [-0.15, -0.1) is 0 Å². The summed E-state index contributed by atoms with van der Waals surface area (Å²) in [5, 5.41) is 5.07. The van der Waals surface area contributed by atoms with Crippen LogP contribution in [-0.4, -0.2) is 27.8 Å².